The second-order valence-corrected chi connectivity index (χ2v) is 39.1. The number of ketones is 1. The van der Waals surface area contributed by atoms with Crippen LogP contribution in [0.3, 0.4) is 0 Å². The van der Waals surface area contributed by atoms with Gasteiger partial charge in [0.2, 0.25) is 0 Å². The molecule has 10 fully saturated rings. The number of rotatable bonds is 5. The average Bonchev–Trinajstić information content (AvgIpc) is 3.66. The zero-order chi connectivity index (χ0) is 17.1. The van der Waals surface area contributed by atoms with Gasteiger partial charge in [-0.15, -0.1) is 0 Å². The standard InChI is InChI=1S/C19H16OP.C5H5.Fe/c20-19(16-9-7-8-10-16)15-21(17-11-3-1-4-12-17)18-13-5-2-6-14-18;1-2-4-5-3-1;/h1-14H,15H2;1-5H;. The number of carbonyl (C=O) groups is 1. The first kappa shape index (κ1) is 11.9. The van der Waals surface area contributed by atoms with Crippen molar-refractivity contribution in [2.45, 2.75) is 47.7 Å². The van der Waals surface area contributed by atoms with Crippen LogP contribution in [0.1, 0.15) is 0 Å². The van der Waals surface area contributed by atoms with Gasteiger partial charge in [-0.2, -0.15) is 0 Å². The van der Waals surface area contributed by atoms with Crippen molar-refractivity contribution in [1.82, 2.24) is 0 Å². The van der Waals surface area contributed by atoms with Crippen LogP contribution >= 0.6 is 7.92 Å². The van der Waals surface area contributed by atoms with Gasteiger partial charge >= 0.3 is 150 Å². The van der Waals surface area contributed by atoms with Crippen LogP contribution in [-0.2, 0) is 11.3 Å². The predicted octanol–water partition coefficient (Wildman–Crippen LogP) is 5.45. The van der Waals surface area contributed by atoms with Crippen molar-refractivity contribution in [3.63, 3.8) is 0 Å². The van der Waals surface area contributed by atoms with Crippen molar-refractivity contribution in [2.24, 2.45) is 0 Å². The van der Waals surface area contributed by atoms with Crippen LogP contribution in [-0.4, -0.2) is 11.9 Å². The van der Waals surface area contributed by atoms with E-state index in [0.717, 1.165) is 21.6 Å². The Labute approximate surface area is 150 Å². The molecule has 10 saturated heterocycles. The summed E-state index contributed by atoms with van der Waals surface area (Å²) < 4.78 is 0.420. The Bertz CT molecular complexity index is 1430. The summed E-state index contributed by atoms with van der Waals surface area (Å²) in [6, 6.07) is 21.9. The van der Waals surface area contributed by atoms with E-state index in [1.54, 1.807) is 0 Å². The van der Waals surface area contributed by atoms with Gasteiger partial charge in [0.05, 0.1) is 0 Å². The molecule has 1 nitrogen and oxygen atoms in total. The zero-order valence-electron chi connectivity index (χ0n) is 14.9. The third kappa shape index (κ3) is 0.220. The number of hydrogen-bond donors (Lipinski definition) is 0. The minimum atomic E-state index is -3.30. The summed E-state index contributed by atoms with van der Waals surface area (Å²) in [7, 11) is -0.533. The minimum absolute atomic E-state index is 0.420. The fourth-order valence-electron chi connectivity index (χ4n) is 18.8. The third-order valence-electron chi connectivity index (χ3n) is 17.5. The molecular weight excluding hydrogens is 391 g/mol. The summed E-state index contributed by atoms with van der Waals surface area (Å²) >= 11 is 0. The van der Waals surface area contributed by atoms with Crippen molar-refractivity contribution in [3.8, 4) is 0 Å². The molecule has 10 aliphatic rings. The van der Waals surface area contributed by atoms with E-state index in [2.05, 4.69) is 60.7 Å². The summed E-state index contributed by atoms with van der Waals surface area (Å²) in [6.45, 7) is -3.30. The number of hydrogen-bond acceptors (Lipinski definition) is 1. The monoisotopic (exact) mass is 412 g/mol. The first-order chi connectivity index (χ1) is 13.0. The van der Waals surface area contributed by atoms with Gasteiger partial charge in [0.1, 0.15) is 0 Å². The van der Waals surface area contributed by atoms with Gasteiger partial charge in [-0.1, -0.05) is 0 Å². The fraction of sp³-hybridized carbons (Fsp3) is 0.458. The van der Waals surface area contributed by atoms with Gasteiger partial charge in [0.15, 0.2) is 0 Å². The Morgan fingerprint density at radius 2 is 1.19 bits per heavy atom. The summed E-state index contributed by atoms with van der Waals surface area (Å²) in [5, 5.41) is 2.80. The van der Waals surface area contributed by atoms with Crippen LogP contribution in [0.4, 0.5) is 0 Å². The van der Waals surface area contributed by atoms with E-state index in [9.17, 15) is 4.79 Å². The van der Waals surface area contributed by atoms with E-state index in [1.165, 1.54) is 44.3 Å². The van der Waals surface area contributed by atoms with Crippen molar-refractivity contribution in [1.29, 1.82) is 0 Å². The molecule has 0 bridgehead atoms. The van der Waals surface area contributed by atoms with Gasteiger partial charge in [0, 0.05) is 0 Å². The maximum absolute atomic E-state index is 14.2. The van der Waals surface area contributed by atoms with Gasteiger partial charge in [-0.3, -0.25) is 0 Å². The van der Waals surface area contributed by atoms with Crippen molar-refractivity contribution in [3.05, 3.63) is 60.7 Å². The van der Waals surface area contributed by atoms with Crippen LogP contribution < -0.4 is 10.6 Å². The molecule has 3 heteroatoms. The topological polar surface area (TPSA) is 17.1 Å². The molecule has 4 unspecified atom stereocenters. The molecule has 136 valence electrons. The number of carbonyl (C=O) groups excluding carboxylic acids is 1. The SMILES string of the molecule is O=C(CP(c1ccccc1)c1ccccc1)[C]12[CH]3[CH]4[CH]5[CH]1[Fe]45321678[CH]2[CH]1[CH]6[CH]7[CH]28. The molecule has 4 atom stereocenters. The number of Topliss-reactive ketones (excluding diaryl/α,β-unsaturated/α-hetero) is 1. The molecular formula is C24H21FeOP. The average molecular weight is 412 g/mol. The predicted molar refractivity (Wildman–Crippen MR) is 105 cm³/mol. The van der Waals surface area contributed by atoms with Crippen LogP contribution in [0.25, 0.3) is 0 Å². The summed E-state index contributed by atoms with van der Waals surface area (Å²) in [5.74, 6) is 0.813. The van der Waals surface area contributed by atoms with Crippen molar-refractivity contribution < 1.29 is 11.3 Å². The molecule has 0 aliphatic carbocycles. The number of fused-ring (bicyclic) bond motifs is 10. The molecule has 10 heterocycles. The molecule has 2 aromatic carbocycles. The van der Waals surface area contributed by atoms with Crippen molar-refractivity contribution >= 4 is 24.3 Å². The molecule has 0 N–H and O–H groups in total. The van der Waals surface area contributed by atoms with Gasteiger partial charge in [-0.25, -0.2) is 0 Å². The Hall–Kier alpha value is -0.941. The molecule has 0 saturated carbocycles. The normalized spacial score (nSPS) is 79.2. The van der Waals surface area contributed by atoms with Crippen LogP contribution in [0.15, 0.2) is 60.7 Å². The molecule has 0 radical (unpaired) electrons. The Morgan fingerprint density at radius 3 is 1.52 bits per heavy atom. The van der Waals surface area contributed by atoms with Crippen LogP contribution in [0.5, 0.6) is 0 Å². The van der Waals surface area contributed by atoms with Crippen LogP contribution in [0.2, 0.25) is 47.7 Å². The summed E-state index contributed by atoms with van der Waals surface area (Å²) in [6.07, 6.45) is 0.854. The Kier molecular flexibility index (Phi) is 0.639. The second kappa shape index (κ2) is 1.45. The van der Waals surface area contributed by atoms with Gasteiger partial charge in [-0.05, 0) is 0 Å². The molecule has 1 spiro atoms. The fourth-order valence-corrected chi connectivity index (χ4v) is 95.3. The second-order valence-electron chi connectivity index (χ2n) is 13.4. The quantitative estimate of drug-likeness (QED) is 0.472. The number of benzene rings is 2. The first-order valence-corrected chi connectivity index (χ1v) is 18.5. The van der Waals surface area contributed by atoms with E-state index in [0.29, 0.717) is 4.31 Å². The van der Waals surface area contributed by atoms with E-state index in [1.807, 2.05) is 0 Å². The Balaban J connectivity index is 1.08. The van der Waals surface area contributed by atoms with Crippen molar-refractivity contribution in [2.75, 3.05) is 6.16 Å². The molecule has 2 aromatic rings. The van der Waals surface area contributed by atoms with E-state index in [-0.39, 0.29) is 0 Å². The Morgan fingerprint density at radius 1 is 0.741 bits per heavy atom. The van der Waals surface area contributed by atoms with E-state index in [4.69, 9.17) is 0 Å². The molecule has 10 aliphatic heterocycles. The summed E-state index contributed by atoms with van der Waals surface area (Å²) in [5.41, 5.74) is 0. The molecule has 12 rings (SSSR count). The third-order valence-corrected chi connectivity index (χ3v) is 62.3. The van der Waals surface area contributed by atoms with E-state index >= 15 is 0 Å². The molecule has 0 aromatic heterocycles. The summed E-state index contributed by atoms with van der Waals surface area (Å²) in [4.78, 5) is 25.2. The first-order valence-electron chi connectivity index (χ1n) is 10.7. The van der Waals surface area contributed by atoms with E-state index < -0.39 is 14.4 Å². The van der Waals surface area contributed by atoms with Crippen LogP contribution in [0, 0.1) is 0 Å². The molecule has 0 amide bonds. The maximum atomic E-state index is 14.2. The zero-order valence-corrected chi connectivity index (χ0v) is 16.9. The molecule has 27 heavy (non-hydrogen) atoms. The van der Waals surface area contributed by atoms with Gasteiger partial charge < -0.3 is 0 Å². The van der Waals surface area contributed by atoms with Gasteiger partial charge in [0.25, 0.3) is 0 Å².